The van der Waals surface area contributed by atoms with Crippen LogP contribution in [0.2, 0.25) is 5.15 Å². The van der Waals surface area contributed by atoms with Gasteiger partial charge >= 0.3 is 0 Å². The molecule has 5 aromatic rings. The van der Waals surface area contributed by atoms with Crippen molar-refractivity contribution in [2.24, 2.45) is 0 Å². The summed E-state index contributed by atoms with van der Waals surface area (Å²) >= 11 is 5.81. The fraction of sp³-hybridized carbons (Fsp3) is 0.0556. The Hall–Kier alpha value is -3.52. The maximum absolute atomic E-state index is 5.81. The van der Waals surface area contributed by atoms with Gasteiger partial charge in [0, 0.05) is 18.1 Å². The maximum Gasteiger partial charge on any atom is 0.225 e. The Morgan fingerprint density at radius 1 is 1.04 bits per heavy atom. The van der Waals surface area contributed by atoms with E-state index in [1.54, 1.807) is 31.0 Å². The molecule has 4 heterocycles. The van der Waals surface area contributed by atoms with Crippen LogP contribution in [0.25, 0.3) is 27.8 Å². The smallest absolute Gasteiger partial charge is 0.225 e. The van der Waals surface area contributed by atoms with Crippen molar-refractivity contribution in [1.82, 2.24) is 34.7 Å². The third-order valence-electron chi connectivity index (χ3n) is 4.23. The molecule has 0 atom stereocenters. The van der Waals surface area contributed by atoms with Crippen molar-refractivity contribution >= 4 is 39.6 Å². The van der Waals surface area contributed by atoms with Crippen LogP contribution in [0.5, 0.6) is 0 Å². The van der Waals surface area contributed by atoms with Crippen molar-refractivity contribution in [3.05, 3.63) is 66.0 Å². The molecule has 27 heavy (non-hydrogen) atoms. The number of pyridine rings is 1. The van der Waals surface area contributed by atoms with E-state index in [1.165, 1.54) is 0 Å². The van der Waals surface area contributed by atoms with Crippen molar-refractivity contribution in [1.29, 1.82) is 0 Å². The van der Waals surface area contributed by atoms with Gasteiger partial charge in [0.05, 0.1) is 23.6 Å². The molecule has 0 saturated heterocycles. The second-order valence-corrected chi connectivity index (χ2v) is 6.39. The van der Waals surface area contributed by atoms with Crippen LogP contribution in [-0.4, -0.2) is 34.7 Å². The predicted molar refractivity (Wildman–Crippen MR) is 103 cm³/mol. The van der Waals surface area contributed by atoms with Gasteiger partial charge in [-0.05, 0) is 29.8 Å². The molecule has 9 heteroatoms. The Kier molecular flexibility index (Phi) is 3.68. The number of benzene rings is 1. The lowest BCUT2D eigenvalue weighted by molar-refractivity contribution is 1.03. The van der Waals surface area contributed by atoms with Crippen molar-refractivity contribution in [2.45, 2.75) is 6.54 Å². The number of aromatic nitrogens is 7. The zero-order chi connectivity index (χ0) is 18.2. The highest BCUT2D eigenvalue weighted by Gasteiger charge is 2.09. The van der Waals surface area contributed by atoms with Crippen molar-refractivity contribution in [3.63, 3.8) is 0 Å². The Bertz CT molecular complexity index is 1240. The highest BCUT2D eigenvalue weighted by Crippen LogP contribution is 2.20. The van der Waals surface area contributed by atoms with Gasteiger partial charge in [0.2, 0.25) is 5.95 Å². The van der Waals surface area contributed by atoms with Gasteiger partial charge in [-0.2, -0.15) is 10.1 Å². The molecular formula is C18H13ClN8. The molecule has 0 radical (unpaired) electrons. The number of fused-ring (bicyclic) bond motifs is 2. The van der Waals surface area contributed by atoms with E-state index >= 15 is 0 Å². The Morgan fingerprint density at radius 2 is 2.00 bits per heavy atom. The fourth-order valence-corrected chi connectivity index (χ4v) is 2.96. The van der Waals surface area contributed by atoms with E-state index in [4.69, 9.17) is 11.6 Å². The van der Waals surface area contributed by atoms with Crippen LogP contribution in [0.15, 0.2) is 55.2 Å². The van der Waals surface area contributed by atoms with Crippen molar-refractivity contribution in [3.8, 4) is 5.69 Å². The van der Waals surface area contributed by atoms with Crippen LogP contribution in [-0.2, 0) is 6.54 Å². The number of hydrogen-bond acceptors (Lipinski definition) is 6. The molecule has 2 N–H and O–H groups in total. The summed E-state index contributed by atoms with van der Waals surface area (Å²) in [5, 5.41) is 11.8. The zero-order valence-corrected chi connectivity index (χ0v) is 14.7. The summed E-state index contributed by atoms with van der Waals surface area (Å²) < 4.78 is 1.92. The largest absolute Gasteiger partial charge is 0.350 e. The molecule has 0 aliphatic rings. The molecule has 4 aromatic heterocycles. The van der Waals surface area contributed by atoms with Gasteiger partial charge in [0.15, 0.2) is 5.65 Å². The first-order valence-corrected chi connectivity index (χ1v) is 8.62. The molecule has 0 spiro atoms. The summed E-state index contributed by atoms with van der Waals surface area (Å²) in [6.07, 6.45) is 6.96. The molecule has 0 fully saturated rings. The number of nitrogens with zero attached hydrogens (tertiary/aromatic N) is 6. The van der Waals surface area contributed by atoms with Crippen LogP contribution < -0.4 is 5.32 Å². The SMILES string of the molecule is Clc1ccc(CNc2ncc3ncn(-c4ccc5cn[nH]c5c4)c3n2)cn1. The lowest BCUT2D eigenvalue weighted by Crippen LogP contribution is -2.05. The third-order valence-corrected chi connectivity index (χ3v) is 4.46. The molecule has 0 aliphatic carbocycles. The van der Waals surface area contributed by atoms with E-state index in [9.17, 15) is 0 Å². The second-order valence-electron chi connectivity index (χ2n) is 6.00. The second kappa shape index (κ2) is 6.33. The summed E-state index contributed by atoms with van der Waals surface area (Å²) in [7, 11) is 0. The predicted octanol–water partition coefficient (Wildman–Crippen LogP) is 3.35. The minimum Gasteiger partial charge on any atom is -0.350 e. The topological polar surface area (TPSA) is 97.2 Å². The first kappa shape index (κ1) is 15.7. The van der Waals surface area contributed by atoms with Gasteiger partial charge in [-0.15, -0.1) is 0 Å². The van der Waals surface area contributed by atoms with E-state index in [0.29, 0.717) is 17.6 Å². The number of rotatable bonds is 4. The van der Waals surface area contributed by atoms with Gasteiger partial charge in [0.25, 0.3) is 0 Å². The van der Waals surface area contributed by atoms with E-state index in [0.717, 1.165) is 33.3 Å². The number of halogens is 1. The van der Waals surface area contributed by atoms with Gasteiger partial charge in [0.1, 0.15) is 17.0 Å². The minimum atomic E-state index is 0.467. The standard InChI is InChI=1S/C18H13ClN8/c19-16-4-1-11(6-20-16)7-21-18-22-9-15-17(25-18)27(10-23-15)13-3-2-12-8-24-26-14(12)5-13/h1-6,8-10H,7H2,(H,24,26)(H,21,22,25). The minimum absolute atomic E-state index is 0.467. The number of H-pyrrole nitrogens is 1. The van der Waals surface area contributed by atoms with E-state index in [2.05, 4.69) is 35.5 Å². The average molecular weight is 377 g/mol. The van der Waals surface area contributed by atoms with E-state index in [1.807, 2.05) is 28.8 Å². The summed E-state index contributed by atoms with van der Waals surface area (Å²) in [6.45, 7) is 0.546. The van der Waals surface area contributed by atoms with Crippen LogP contribution in [0, 0.1) is 0 Å². The van der Waals surface area contributed by atoms with Crippen molar-refractivity contribution in [2.75, 3.05) is 5.32 Å². The number of aromatic amines is 1. The monoisotopic (exact) mass is 376 g/mol. The van der Waals surface area contributed by atoms with Gasteiger partial charge in [-0.25, -0.2) is 15.0 Å². The van der Waals surface area contributed by atoms with Crippen LogP contribution in [0.1, 0.15) is 5.56 Å². The highest BCUT2D eigenvalue weighted by molar-refractivity contribution is 6.29. The van der Waals surface area contributed by atoms with Crippen molar-refractivity contribution < 1.29 is 0 Å². The lowest BCUT2D eigenvalue weighted by Gasteiger charge is -2.07. The Morgan fingerprint density at radius 3 is 2.89 bits per heavy atom. The maximum atomic E-state index is 5.81. The van der Waals surface area contributed by atoms with Crippen LogP contribution >= 0.6 is 11.6 Å². The first-order chi connectivity index (χ1) is 13.3. The number of nitrogens with one attached hydrogen (secondary N) is 2. The molecule has 0 amide bonds. The molecule has 0 bridgehead atoms. The van der Waals surface area contributed by atoms with Gasteiger partial charge in [-0.1, -0.05) is 17.7 Å². The first-order valence-electron chi connectivity index (χ1n) is 8.24. The third kappa shape index (κ3) is 2.96. The Labute approximate surface area is 158 Å². The lowest BCUT2D eigenvalue weighted by atomic mass is 10.2. The fourth-order valence-electron chi connectivity index (χ4n) is 2.85. The number of hydrogen-bond donors (Lipinski definition) is 2. The molecule has 0 unspecified atom stereocenters. The number of imidazole rings is 1. The summed E-state index contributed by atoms with van der Waals surface area (Å²) in [6, 6.07) is 9.69. The quantitative estimate of drug-likeness (QED) is 0.467. The molecule has 8 nitrogen and oxygen atoms in total. The van der Waals surface area contributed by atoms with Crippen LogP contribution in [0.4, 0.5) is 5.95 Å². The number of anilines is 1. The summed E-state index contributed by atoms with van der Waals surface area (Å²) in [4.78, 5) is 17.4. The van der Waals surface area contributed by atoms with Crippen LogP contribution in [0.3, 0.4) is 0 Å². The van der Waals surface area contributed by atoms with E-state index in [-0.39, 0.29) is 0 Å². The zero-order valence-electron chi connectivity index (χ0n) is 14.0. The van der Waals surface area contributed by atoms with Gasteiger partial charge < -0.3 is 5.32 Å². The highest BCUT2D eigenvalue weighted by atomic mass is 35.5. The van der Waals surface area contributed by atoms with Gasteiger partial charge in [-0.3, -0.25) is 9.67 Å². The average Bonchev–Trinajstić information content (AvgIpc) is 3.33. The molecule has 1 aromatic carbocycles. The molecule has 0 aliphatic heterocycles. The molecule has 132 valence electrons. The Balaban J connectivity index is 1.47. The molecule has 5 rings (SSSR count). The summed E-state index contributed by atoms with van der Waals surface area (Å²) in [5.41, 5.74) is 4.33. The van der Waals surface area contributed by atoms with E-state index < -0.39 is 0 Å². The summed E-state index contributed by atoms with van der Waals surface area (Å²) in [5.74, 6) is 0.516. The molecule has 0 saturated carbocycles. The molecular weight excluding hydrogens is 364 g/mol. The normalized spacial score (nSPS) is 11.3.